The molecule has 1 heterocycles. The Morgan fingerprint density at radius 2 is 1.03 bits per heavy atom. The number of aliphatic hydroxyl groups excluding tert-OH is 3. The lowest BCUT2D eigenvalue weighted by Gasteiger charge is -2.40. The molecule has 1 aliphatic rings. The van der Waals surface area contributed by atoms with E-state index >= 15 is 0 Å². The molecule has 1 fully saturated rings. The second-order valence-electron chi connectivity index (χ2n) is 15.7. The zero-order valence-corrected chi connectivity index (χ0v) is 36.7. The molecule has 0 saturated carbocycles. The molecule has 0 spiro atoms. The standard InChI is InChI=1S/C45H80O12S/c1-3-5-7-9-11-13-15-17-18-19-20-22-24-26-28-30-32-34-41(47)56-38(36-55-45-44(50)43(49)42(48)39(57-45)37-58(51,52)53)35-54-40(46)33-31-29-27-25-23-21-16-14-12-10-8-6-4-2/h11,13-14,16-18,38-39,42-45,48-50H,3-10,12,15,19-37H2,1-2H3,(H,51,52,53)/b13-11-,16-14-,18-17-. The summed E-state index contributed by atoms with van der Waals surface area (Å²) in [6.45, 7) is 3.70. The Morgan fingerprint density at radius 1 is 0.586 bits per heavy atom. The second kappa shape index (κ2) is 35.6. The van der Waals surface area contributed by atoms with Crippen molar-refractivity contribution in [2.75, 3.05) is 19.0 Å². The fraction of sp³-hybridized carbons (Fsp3) is 0.822. The van der Waals surface area contributed by atoms with Gasteiger partial charge in [0.25, 0.3) is 10.1 Å². The van der Waals surface area contributed by atoms with Crippen molar-refractivity contribution in [2.45, 2.75) is 218 Å². The normalized spacial score (nSPS) is 20.7. The number of hydrogen-bond donors (Lipinski definition) is 4. The lowest BCUT2D eigenvalue weighted by Crippen LogP contribution is -2.60. The summed E-state index contributed by atoms with van der Waals surface area (Å²) in [4.78, 5) is 25.4. The maximum Gasteiger partial charge on any atom is 0.306 e. The molecule has 58 heavy (non-hydrogen) atoms. The number of unbranched alkanes of at least 4 members (excludes halogenated alkanes) is 19. The van der Waals surface area contributed by atoms with Crippen LogP contribution in [0.15, 0.2) is 36.5 Å². The van der Waals surface area contributed by atoms with E-state index in [0.717, 1.165) is 83.5 Å². The van der Waals surface area contributed by atoms with Crippen LogP contribution >= 0.6 is 0 Å². The molecular weight excluding hydrogens is 765 g/mol. The van der Waals surface area contributed by atoms with Gasteiger partial charge in [-0.05, 0) is 70.6 Å². The SMILES string of the molecule is CCCCC/C=C\C/C=C\CCCCCCCCCC(=O)OC(COC(=O)CCCCCCC/C=C\CCCCCC)COC1OC(CS(=O)(=O)O)C(O)C(O)C1O. The fourth-order valence-corrected chi connectivity index (χ4v) is 7.33. The Balaban J connectivity index is 2.46. The molecule has 6 atom stereocenters. The van der Waals surface area contributed by atoms with Crippen LogP contribution in [0.1, 0.15) is 181 Å². The predicted molar refractivity (Wildman–Crippen MR) is 229 cm³/mol. The molecule has 0 bridgehead atoms. The minimum absolute atomic E-state index is 0.154. The van der Waals surface area contributed by atoms with Gasteiger partial charge in [0.2, 0.25) is 0 Å². The first-order valence-corrected chi connectivity index (χ1v) is 24.2. The van der Waals surface area contributed by atoms with Crippen molar-refractivity contribution >= 4 is 22.1 Å². The van der Waals surface area contributed by atoms with E-state index in [1.807, 2.05) is 0 Å². The fourth-order valence-electron chi connectivity index (χ4n) is 6.64. The number of hydrogen-bond acceptors (Lipinski definition) is 11. The van der Waals surface area contributed by atoms with Gasteiger partial charge in [-0.3, -0.25) is 14.1 Å². The molecule has 6 unspecified atom stereocenters. The van der Waals surface area contributed by atoms with Gasteiger partial charge in [-0.15, -0.1) is 0 Å². The summed E-state index contributed by atoms with van der Waals surface area (Å²) in [5.74, 6) is -2.00. The van der Waals surface area contributed by atoms with Crippen LogP contribution in [0.25, 0.3) is 0 Å². The minimum Gasteiger partial charge on any atom is -0.462 e. The molecule has 0 aromatic heterocycles. The lowest BCUT2D eigenvalue weighted by atomic mass is 10.00. The van der Waals surface area contributed by atoms with Crippen LogP contribution in [0.2, 0.25) is 0 Å². The summed E-state index contributed by atoms with van der Waals surface area (Å²) in [6, 6.07) is 0. The molecule has 12 nitrogen and oxygen atoms in total. The van der Waals surface area contributed by atoms with Gasteiger partial charge in [-0.25, -0.2) is 0 Å². The smallest absolute Gasteiger partial charge is 0.306 e. The number of carbonyl (C=O) groups excluding carboxylic acids is 2. The van der Waals surface area contributed by atoms with Crippen LogP contribution in [0.4, 0.5) is 0 Å². The number of rotatable bonds is 37. The second-order valence-corrected chi connectivity index (χ2v) is 17.2. The summed E-state index contributed by atoms with van der Waals surface area (Å²) in [5, 5.41) is 30.9. The van der Waals surface area contributed by atoms with Crippen LogP contribution < -0.4 is 0 Å². The quantitative estimate of drug-likeness (QED) is 0.0202. The van der Waals surface area contributed by atoms with E-state index in [9.17, 15) is 37.9 Å². The molecule has 338 valence electrons. The van der Waals surface area contributed by atoms with Gasteiger partial charge in [0, 0.05) is 12.8 Å². The third-order valence-corrected chi connectivity index (χ3v) is 10.9. The summed E-state index contributed by atoms with van der Waals surface area (Å²) in [6.07, 6.45) is 30.4. The van der Waals surface area contributed by atoms with Crippen LogP contribution in [0, 0.1) is 0 Å². The Morgan fingerprint density at radius 3 is 1.57 bits per heavy atom. The van der Waals surface area contributed by atoms with E-state index in [-0.39, 0.29) is 19.4 Å². The molecule has 0 aromatic carbocycles. The third-order valence-electron chi connectivity index (χ3n) is 10.2. The predicted octanol–water partition coefficient (Wildman–Crippen LogP) is 9.00. The Bertz CT molecular complexity index is 1220. The van der Waals surface area contributed by atoms with Crippen molar-refractivity contribution in [3.05, 3.63) is 36.5 Å². The van der Waals surface area contributed by atoms with Crippen molar-refractivity contribution in [1.82, 2.24) is 0 Å². The number of allylic oxidation sites excluding steroid dienone is 6. The van der Waals surface area contributed by atoms with Gasteiger partial charge in [-0.2, -0.15) is 8.42 Å². The minimum atomic E-state index is -4.60. The maximum absolute atomic E-state index is 12.8. The first-order chi connectivity index (χ1) is 28.0. The van der Waals surface area contributed by atoms with Crippen molar-refractivity contribution < 1.29 is 56.8 Å². The van der Waals surface area contributed by atoms with Gasteiger partial charge in [0.15, 0.2) is 12.4 Å². The maximum atomic E-state index is 12.8. The molecule has 1 saturated heterocycles. The van der Waals surface area contributed by atoms with E-state index in [0.29, 0.717) is 12.8 Å². The van der Waals surface area contributed by atoms with Crippen molar-refractivity contribution in [2.24, 2.45) is 0 Å². The van der Waals surface area contributed by atoms with Crippen LogP contribution in [0.5, 0.6) is 0 Å². The monoisotopic (exact) mass is 845 g/mol. The highest BCUT2D eigenvalue weighted by Crippen LogP contribution is 2.24. The van der Waals surface area contributed by atoms with Crippen molar-refractivity contribution in [3.8, 4) is 0 Å². The van der Waals surface area contributed by atoms with E-state index in [1.165, 1.54) is 57.8 Å². The van der Waals surface area contributed by atoms with Gasteiger partial charge in [-0.1, -0.05) is 134 Å². The first-order valence-electron chi connectivity index (χ1n) is 22.5. The van der Waals surface area contributed by atoms with E-state index in [1.54, 1.807) is 0 Å². The largest absolute Gasteiger partial charge is 0.462 e. The summed E-state index contributed by atoms with van der Waals surface area (Å²) >= 11 is 0. The first kappa shape index (κ1) is 53.9. The number of aliphatic hydroxyl groups is 3. The highest BCUT2D eigenvalue weighted by atomic mass is 32.2. The van der Waals surface area contributed by atoms with Crippen molar-refractivity contribution in [1.29, 1.82) is 0 Å². The average Bonchev–Trinajstić information content (AvgIpc) is 3.18. The molecule has 0 aromatic rings. The molecule has 13 heteroatoms. The Hall–Kier alpha value is -2.13. The lowest BCUT2D eigenvalue weighted by molar-refractivity contribution is -0.297. The van der Waals surface area contributed by atoms with Crippen LogP contribution in [-0.4, -0.2) is 96.0 Å². The molecule has 1 aliphatic heterocycles. The highest BCUT2D eigenvalue weighted by Gasteiger charge is 2.46. The van der Waals surface area contributed by atoms with Crippen LogP contribution in [0.3, 0.4) is 0 Å². The van der Waals surface area contributed by atoms with Crippen molar-refractivity contribution in [3.63, 3.8) is 0 Å². The van der Waals surface area contributed by atoms with E-state index in [4.69, 9.17) is 18.9 Å². The van der Waals surface area contributed by atoms with Gasteiger partial charge in [0.05, 0.1) is 6.61 Å². The summed E-state index contributed by atoms with van der Waals surface area (Å²) in [7, 11) is -4.60. The van der Waals surface area contributed by atoms with Gasteiger partial charge in [0.1, 0.15) is 36.8 Å². The number of carbonyl (C=O) groups is 2. The summed E-state index contributed by atoms with van der Waals surface area (Å²) < 4.78 is 54.0. The zero-order valence-electron chi connectivity index (χ0n) is 35.9. The number of ether oxygens (including phenoxy) is 4. The van der Waals surface area contributed by atoms with E-state index in [2.05, 4.69) is 50.3 Å². The molecule has 0 radical (unpaired) electrons. The van der Waals surface area contributed by atoms with Crippen LogP contribution in [-0.2, 0) is 38.7 Å². The number of esters is 2. The average molecular weight is 845 g/mol. The highest BCUT2D eigenvalue weighted by molar-refractivity contribution is 7.85. The third kappa shape index (κ3) is 30.0. The van der Waals surface area contributed by atoms with Gasteiger partial charge >= 0.3 is 11.9 Å². The molecule has 4 N–H and O–H groups in total. The topological polar surface area (TPSA) is 186 Å². The molecule has 0 amide bonds. The Kier molecular flexibility index (Phi) is 33.1. The molecule has 1 rings (SSSR count). The Labute approximate surface area is 351 Å². The molecule has 0 aliphatic carbocycles. The summed E-state index contributed by atoms with van der Waals surface area (Å²) in [5.41, 5.74) is 0. The molecular formula is C45H80O12S. The van der Waals surface area contributed by atoms with Gasteiger partial charge < -0.3 is 34.3 Å². The van der Waals surface area contributed by atoms with E-state index < -0.39 is 71.2 Å². The zero-order chi connectivity index (χ0) is 42.7.